The molecule has 1 nitrogen and oxygen atoms in total. The van der Waals surface area contributed by atoms with Gasteiger partial charge < -0.3 is 5.11 Å². The number of aliphatic hydroxyl groups is 1. The van der Waals surface area contributed by atoms with Crippen molar-refractivity contribution >= 4 is 0 Å². The normalized spacial score (nSPS) is 14.8. The highest BCUT2D eigenvalue weighted by molar-refractivity contribution is 4.68. The second-order valence-electron chi connectivity index (χ2n) is 4.45. The van der Waals surface area contributed by atoms with E-state index in [1.165, 1.54) is 12.8 Å². The van der Waals surface area contributed by atoms with E-state index >= 15 is 0 Å². The second kappa shape index (κ2) is 5.58. The number of hydrogen-bond donors (Lipinski definition) is 1. The maximum atomic E-state index is 9.45. The summed E-state index contributed by atoms with van der Waals surface area (Å²) in [5, 5.41) is 9.45. The summed E-state index contributed by atoms with van der Waals surface area (Å²) in [6.07, 6.45) is 6.70. The van der Waals surface area contributed by atoms with Crippen LogP contribution in [-0.4, -0.2) is 10.7 Å². The molecule has 1 heteroatoms. The molecule has 0 aliphatic heterocycles. The van der Waals surface area contributed by atoms with Crippen LogP contribution in [-0.2, 0) is 0 Å². The minimum atomic E-state index is -0.477. The van der Waals surface area contributed by atoms with E-state index in [0.717, 1.165) is 18.8 Å². The van der Waals surface area contributed by atoms with Crippen molar-refractivity contribution in [2.75, 3.05) is 0 Å². The van der Waals surface area contributed by atoms with Gasteiger partial charge in [-0.05, 0) is 39.0 Å². The van der Waals surface area contributed by atoms with Gasteiger partial charge in [0, 0.05) is 0 Å². The van der Waals surface area contributed by atoms with Crippen LogP contribution in [0.4, 0.5) is 0 Å². The molecule has 0 amide bonds. The number of hydrogen-bond acceptors (Lipinski definition) is 1. The lowest BCUT2D eigenvalue weighted by Crippen LogP contribution is -2.18. The molecule has 0 fully saturated rings. The van der Waals surface area contributed by atoms with E-state index in [-0.39, 0.29) is 0 Å². The van der Waals surface area contributed by atoms with Crippen molar-refractivity contribution in [3.8, 4) is 0 Å². The Bertz CT molecular complexity index is 102. The minimum absolute atomic E-state index is 0.477. The Kier molecular flexibility index (Phi) is 5.56. The molecular formula is C11H23O. The van der Waals surface area contributed by atoms with Crippen molar-refractivity contribution in [2.45, 2.75) is 59.0 Å². The van der Waals surface area contributed by atoms with Crippen molar-refractivity contribution in [3.05, 3.63) is 6.42 Å². The van der Waals surface area contributed by atoms with Crippen LogP contribution in [0.2, 0.25) is 0 Å². The molecule has 0 saturated heterocycles. The van der Waals surface area contributed by atoms with Gasteiger partial charge in [0.2, 0.25) is 0 Å². The Morgan fingerprint density at radius 1 is 1.42 bits per heavy atom. The largest absolute Gasteiger partial charge is 0.390 e. The van der Waals surface area contributed by atoms with Crippen LogP contribution in [0, 0.1) is 12.3 Å². The van der Waals surface area contributed by atoms with Gasteiger partial charge in [-0.25, -0.2) is 0 Å². The first-order chi connectivity index (χ1) is 5.45. The molecule has 0 aliphatic rings. The SMILES string of the molecule is C[CH]CC(C)CCCC(C)(C)O. The second-order valence-corrected chi connectivity index (χ2v) is 4.45. The molecule has 12 heavy (non-hydrogen) atoms. The van der Waals surface area contributed by atoms with E-state index in [1.807, 2.05) is 13.8 Å². The minimum Gasteiger partial charge on any atom is -0.390 e. The Balaban J connectivity index is 3.31. The quantitative estimate of drug-likeness (QED) is 0.650. The topological polar surface area (TPSA) is 20.2 Å². The third kappa shape index (κ3) is 8.06. The van der Waals surface area contributed by atoms with Gasteiger partial charge in [0.25, 0.3) is 0 Å². The molecule has 73 valence electrons. The van der Waals surface area contributed by atoms with Crippen molar-refractivity contribution in [3.63, 3.8) is 0 Å². The fourth-order valence-electron chi connectivity index (χ4n) is 1.40. The van der Waals surface area contributed by atoms with Crippen LogP contribution < -0.4 is 0 Å². The summed E-state index contributed by atoms with van der Waals surface area (Å²) < 4.78 is 0. The smallest absolute Gasteiger partial charge is 0.0591 e. The molecule has 0 rings (SSSR count). The zero-order chi connectivity index (χ0) is 9.61. The van der Waals surface area contributed by atoms with Gasteiger partial charge in [0.1, 0.15) is 0 Å². The molecular weight excluding hydrogens is 148 g/mol. The average molecular weight is 171 g/mol. The first-order valence-electron chi connectivity index (χ1n) is 4.96. The third-order valence-electron chi connectivity index (χ3n) is 2.12. The van der Waals surface area contributed by atoms with E-state index < -0.39 is 5.60 Å². The molecule has 1 radical (unpaired) electrons. The molecule has 0 heterocycles. The Morgan fingerprint density at radius 3 is 2.42 bits per heavy atom. The highest BCUT2D eigenvalue weighted by Gasteiger charge is 2.12. The maximum absolute atomic E-state index is 9.45. The highest BCUT2D eigenvalue weighted by Crippen LogP contribution is 2.17. The molecule has 1 unspecified atom stereocenters. The Hall–Kier alpha value is -0.0400. The van der Waals surface area contributed by atoms with E-state index in [0.29, 0.717) is 0 Å². The van der Waals surface area contributed by atoms with Gasteiger partial charge in [-0.2, -0.15) is 0 Å². The Labute approximate surface area is 77.2 Å². The molecule has 0 aromatic heterocycles. The van der Waals surface area contributed by atoms with Crippen LogP contribution in [0.15, 0.2) is 0 Å². The lowest BCUT2D eigenvalue weighted by Gasteiger charge is -2.18. The van der Waals surface area contributed by atoms with Gasteiger partial charge in [-0.3, -0.25) is 0 Å². The zero-order valence-corrected chi connectivity index (χ0v) is 8.93. The van der Waals surface area contributed by atoms with E-state index in [9.17, 15) is 5.11 Å². The van der Waals surface area contributed by atoms with E-state index in [2.05, 4.69) is 20.3 Å². The maximum Gasteiger partial charge on any atom is 0.0591 e. The predicted molar refractivity (Wildman–Crippen MR) is 53.9 cm³/mol. The number of rotatable bonds is 6. The first-order valence-corrected chi connectivity index (χ1v) is 4.96. The van der Waals surface area contributed by atoms with Crippen LogP contribution >= 0.6 is 0 Å². The summed E-state index contributed by atoms with van der Waals surface area (Å²) >= 11 is 0. The summed E-state index contributed by atoms with van der Waals surface area (Å²) in [4.78, 5) is 0. The van der Waals surface area contributed by atoms with E-state index in [4.69, 9.17) is 0 Å². The lowest BCUT2D eigenvalue weighted by atomic mass is 9.95. The fourth-order valence-corrected chi connectivity index (χ4v) is 1.40. The first kappa shape index (κ1) is 12.0. The third-order valence-corrected chi connectivity index (χ3v) is 2.12. The highest BCUT2D eigenvalue weighted by atomic mass is 16.3. The molecule has 0 aromatic carbocycles. The molecule has 0 spiro atoms. The van der Waals surface area contributed by atoms with Gasteiger partial charge in [0.05, 0.1) is 5.60 Å². The summed E-state index contributed by atoms with van der Waals surface area (Å²) in [6, 6.07) is 0. The molecule has 1 N–H and O–H groups in total. The summed E-state index contributed by atoms with van der Waals surface area (Å²) in [6.45, 7) is 8.13. The van der Waals surface area contributed by atoms with Crippen LogP contribution in [0.5, 0.6) is 0 Å². The molecule has 0 saturated carbocycles. The molecule has 1 atom stereocenters. The van der Waals surface area contributed by atoms with Crippen LogP contribution in [0.25, 0.3) is 0 Å². The van der Waals surface area contributed by atoms with Crippen molar-refractivity contribution < 1.29 is 5.11 Å². The average Bonchev–Trinajstić information content (AvgIpc) is 1.84. The van der Waals surface area contributed by atoms with Crippen molar-refractivity contribution in [2.24, 2.45) is 5.92 Å². The molecule has 0 aliphatic carbocycles. The standard InChI is InChI=1S/C11H23O/c1-5-7-10(2)8-6-9-11(3,4)12/h5,10,12H,6-9H2,1-4H3. The summed E-state index contributed by atoms with van der Waals surface area (Å²) in [7, 11) is 0. The predicted octanol–water partition coefficient (Wildman–Crippen LogP) is 3.18. The van der Waals surface area contributed by atoms with Gasteiger partial charge >= 0.3 is 0 Å². The van der Waals surface area contributed by atoms with Crippen LogP contribution in [0.3, 0.4) is 0 Å². The van der Waals surface area contributed by atoms with Gasteiger partial charge in [-0.15, -0.1) is 0 Å². The monoisotopic (exact) mass is 171 g/mol. The van der Waals surface area contributed by atoms with Gasteiger partial charge in [0.15, 0.2) is 0 Å². The van der Waals surface area contributed by atoms with Gasteiger partial charge in [-0.1, -0.05) is 26.7 Å². The van der Waals surface area contributed by atoms with Crippen molar-refractivity contribution in [1.82, 2.24) is 0 Å². The molecule has 0 bridgehead atoms. The van der Waals surface area contributed by atoms with Crippen LogP contribution in [0.1, 0.15) is 53.4 Å². The summed E-state index contributed by atoms with van der Waals surface area (Å²) in [5.74, 6) is 0.775. The fraction of sp³-hybridized carbons (Fsp3) is 0.909. The summed E-state index contributed by atoms with van der Waals surface area (Å²) in [5.41, 5.74) is -0.477. The van der Waals surface area contributed by atoms with E-state index in [1.54, 1.807) is 0 Å². The molecule has 0 aromatic rings. The Morgan fingerprint density at radius 2 is 2.00 bits per heavy atom. The lowest BCUT2D eigenvalue weighted by molar-refractivity contribution is 0.0670. The van der Waals surface area contributed by atoms with Crippen molar-refractivity contribution in [1.29, 1.82) is 0 Å². The zero-order valence-electron chi connectivity index (χ0n) is 8.93.